The van der Waals surface area contributed by atoms with Crippen molar-refractivity contribution in [3.05, 3.63) is 35.9 Å². The number of hydrogen-bond donors (Lipinski definition) is 1. The van der Waals surface area contributed by atoms with Gasteiger partial charge in [0.05, 0.1) is 0 Å². The smallest absolute Gasteiger partial charge is 0.222 e. The highest BCUT2D eigenvalue weighted by atomic mass is 19.1. The van der Waals surface area contributed by atoms with Gasteiger partial charge in [0.25, 0.3) is 0 Å². The number of aromatic nitrogens is 1. The second-order valence-electron chi connectivity index (χ2n) is 4.67. The van der Waals surface area contributed by atoms with Crippen molar-refractivity contribution in [1.82, 2.24) is 5.16 Å². The highest BCUT2D eigenvalue weighted by Crippen LogP contribution is 2.27. The summed E-state index contributed by atoms with van der Waals surface area (Å²) >= 11 is 0. The molecule has 2 N–H and O–H groups in total. The van der Waals surface area contributed by atoms with Gasteiger partial charge in [0.1, 0.15) is 11.4 Å². The van der Waals surface area contributed by atoms with Gasteiger partial charge in [0.15, 0.2) is 0 Å². The van der Waals surface area contributed by atoms with Crippen molar-refractivity contribution in [3.8, 4) is 11.3 Å². The summed E-state index contributed by atoms with van der Waals surface area (Å²) in [5.41, 5.74) is 6.63. The molecule has 0 saturated heterocycles. The zero-order valence-corrected chi connectivity index (χ0v) is 9.90. The molecule has 4 heteroatoms. The second-order valence-corrected chi connectivity index (χ2v) is 4.67. The third-order valence-electron chi connectivity index (χ3n) is 2.43. The van der Waals surface area contributed by atoms with E-state index in [-0.39, 0.29) is 5.88 Å². The maximum absolute atomic E-state index is 13.7. The minimum Gasteiger partial charge on any atom is -0.368 e. The number of nitrogens with zero attached hydrogens (tertiary/aromatic N) is 1. The first-order valence-corrected chi connectivity index (χ1v) is 5.45. The lowest BCUT2D eigenvalue weighted by atomic mass is 9.95. The first-order chi connectivity index (χ1) is 7.96. The molecule has 2 rings (SSSR count). The SMILES string of the molecule is CC(C)(F)Cc1ccccc1-c1cc(N)on1. The molecule has 0 aliphatic rings. The molecule has 0 atom stereocenters. The fourth-order valence-electron chi connectivity index (χ4n) is 1.79. The van der Waals surface area contributed by atoms with Crippen LogP contribution in [0.1, 0.15) is 19.4 Å². The molecule has 90 valence electrons. The molecule has 0 bridgehead atoms. The lowest BCUT2D eigenvalue weighted by Gasteiger charge is -2.15. The topological polar surface area (TPSA) is 52.0 Å². The van der Waals surface area contributed by atoms with Gasteiger partial charge in [-0.1, -0.05) is 29.4 Å². The zero-order valence-electron chi connectivity index (χ0n) is 9.90. The molecule has 1 aromatic carbocycles. The van der Waals surface area contributed by atoms with E-state index in [1.165, 1.54) is 0 Å². The van der Waals surface area contributed by atoms with Crippen molar-refractivity contribution in [1.29, 1.82) is 0 Å². The van der Waals surface area contributed by atoms with Crippen LogP contribution in [0.3, 0.4) is 0 Å². The number of halogens is 1. The summed E-state index contributed by atoms with van der Waals surface area (Å²) in [6, 6.07) is 9.19. The van der Waals surface area contributed by atoms with Crippen molar-refractivity contribution in [3.63, 3.8) is 0 Å². The monoisotopic (exact) mass is 234 g/mol. The summed E-state index contributed by atoms with van der Waals surface area (Å²) in [6.07, 6.45) is 0.329. The molecule has 0 saturated carbocycles. The minimum absolute atomic E-state index is 0.259. The summed E-state index contributed by atoms with van der Waals surface area (Å²) in [5.74, 6) is 0.259. The summed E-state index contributed by atoms with van der Waals surface area (Å²) in [5, 5.41) is 3.85. The third-order valence-corrected chi connectivity index (χ3v) is 2.43. The molecule has 1 heterocycles. The Kier molecular flexibility index (Phi) is 2.88. The largest absolute Gasteiger partial charge is 0.368 e. The van der Waals surface area contributed by atoms with Gasteiger partial charge in [0, 0.05) is 18.1 Å². The molecular weight excluding hydrogens is 219 g/mol. The molecule has 3 nitrogen and oxygen atoms in total. The van der Waals surface area contributed by atoms with Crippen LogP contribution in [0.4, 0.5) is 10.3 Å². The molecule has 0 spiro atoms. The normalized spacial score (nSPS) is 11.7. The summed E-state index contributed by atoms with van der Waals surface area (Å²) in [6.45, 7) is 3.11. The number of anilines is 1. The van der Waals surface area contributed by atoms with Crippen LogP contribution < -0.4 is 5.73 Å². The Bertz CT molecular complexity index is 514. The Morgan fingerprint density at radius 1 is 1.35 bits per heavy atom. The number of hydrogen-bond acceptors (Lipinski definition) is 3. The lowest BCUT2D eigenvalue weighted by Crippen LogP contribution is -2.16. The van der Waals surface area contributed by atoms with Crippen LogP contribution in [-0.4, -0.2) is 10.8 Å². The molecule has 0 fully saturated rings. The average Bonchev–Trinajstić information content (AvgIpc) is 2.63. The predicted molar refractivity (Wildman–Crippen MR) is 65.2 cm³/mol. The van der Waals surface area contributed by atoms with Gasteiger partial charge >= 0.3 is 0 Å². The number of benzene rings is 1. The van der Waals surface area contributed by atoms with E-state index in [0.29, 0.717) is 12.1 Å². The van der Waals surface area contributed by atoms with Crippen molar-refractivity contribution < 1.29 is 8.91 Å². The molecule has 0 aliphatic heterocycles. The Balaban J connectivity index is 2.41. The van der Waals surface area contributed by atoms with Gasteiger partial charge in [0.2, 0.25) is 5.88 Å². The van der Waals surface area contributed by atoms with E-state index in [1.54, 1.807) is 19.9 Å². The number of rotatable bonds is 3. The van der Waals surface area contributed by atoms with E-state index >= 15 is 0 Å². The Morgan fingerprint density at radius 3 is 2.65 bits per heavy atom. The quantitative estimate of drug-likeness (QED) is 0.887. The van der Waals surface area contributed by atoms with Crippen molar-refractivity contribution >= 4 is 5.88 Å². The maximum atomic E-state index is 13.7. The van der Waals surface area contributed by atoms with E-state index in [2.05, 4.69) is 5.16 Å². The molecular formula is C13H15FN2O. The zero-order chi connectivity index (χ0) is 12.5. The molecule has 1 aromatic heterocycles. The van der Waals surface area contributed by atoms with Crippen LogP contribution in [0.5, 0.6) is 0 Å². The van der Waals surface area contributed by atoms with E-state index in [1.807, 2.05) is 24.3 Å². The second kappa shape index (κ2) is 4.20. The van der Waals surface area contributed by atoms with Gasteiger partial charge in [-0.2, -0.15) is 0 Å². The van der Waals surface area contributed by atoms with Gasteiger partial charge < -0.3 is 10.3 Å². The first kappa shape index (κ1) is 11.6. The molecule has 2 aromatic rings. The fraction of sp³-hybridized carbons (Fsp3) is 0.308. The van der Waals surface area contributed by atoms with Crippen LogP contribution in [0.15, 0.2) is 34.9 Å². The Hall–Kier alpha value is -1.84. The number of nitrogens with two attached hydrogens (primary N) is 1. The van der Waals surface area contributed by atoms with Gasteiger partial charge in [-0.3, -0.25) is 0 Å². The van der Waals surface area contributed by atoms with Crippen molar-refractivity contribution in [2.45, 2.75) is 25.9 Å². The van der Waals surface area contributed by atoms with Crippen LogP contribution >= 0.6 is 0 Å². The molecule has 0 unspecified atom stereocenters. The summed E-state index contributed by atoms with van der Waals surface area (Å²) < 4.78 is 18.5. The van der Waals surface area contributed by atoms with Crippen LogP contribution in [-0.2, 0) is 6.42 Å². The van der Waals surface area contributed by atoms with Crippen LogP contribution in [0.2, 0.25) is 0 Å². The predicted octanol–water partition coefficient (Wildman–Crippen LogP) is 3.21. The molecule has 17 heavy (non-hydrogen) atoms. The molecule has 0 radical (unpaired) electrons. The maximum Gasteiger partial charge on any atom is 0.222 e. The highest BCUT2D eigenvalue weighted by Gasteiger charge is 2.19. The van der Waals surface area contributed by atoms with E-state index in [0.717, 1.165) is 11.1 Å². The minimum atomic E-state index is -1.26. The summed E-state index contributed by atoms with van der Waals surface area (Å²) in [4.78, 5) is 0. The molecule has 0 aliphatic carbocycles. The van der Waals surface area contributed by atoms with Gasteiger partial charge in [-0.15, -0.1) is 0 Å². The number of nitrogen functional groups attached to an aromatic ring is 1. The van der Waals surface area contributed by atoms with Gasteiger partial charge in [-0.05, 0) is 19.4 Å². The standard InChI is InChI=1S/C13H15FN2O/c1-13(2,14)8-9-5-3-4-6-10(9)11-7-12(15)17-16-11/h3-7H,8,15H2,1-2H3. The highest BCUT2D eigenvalue weighted by molar-refractivity contribution is 5.65. The van der Waals surface area contributed by atoms with Crippen LogP contribution in [0, 0.1) is 0 Å². The Morgan fingerprint density at radius 2 is 2.06 bits per heavy atom. The first-order valence-electron chi connectivity index (χ1n) is 5.45. The van der Waals surface area contributed by atoms with Crippen LogP contribution in [0.25, 0.3) is 11.3 Å². The van der Waals surface area contributed by atoms with Crippen molar-refractivity contribution in [2.75, 3.05) is 5.73 Å². The Labute approximate surface area is 99.4 Å². The average molecular weight is 234 g/mol. The van der Waals surface area contributed by atoms with E-state index in [9.17, 15) is 4.39 Å². The number of alkyl halides is 1. The van der Waals surface area contributed by atoms with E-state index in [4.69, 9.17) is 10.3 Å². The summed E-state index contributed by atoms with van der Waals surface area (Å²) in [7, 11) is 0. The molecule has 0 amide bonds. The van der Waals surface area contributed by atoms with Crippen molar-refractivity contribution in [2.24, 2.45) is 0 Å². The fourth-order valence-corrected chi connectivity index (χ4v) is 1.79. The third kappa shape index (κ3) is 2.84. The van der Waals surface area contributed by atoms with Gasteiger partial charge in [-0.25, -0.2) is 4.39 Å². The van der Waals surface area contributed by atoms with E-state index < -0.39 is 5.67 Å². The lowest BCUT2D eigenvalue weighted by molar-refractivity contribution is 0.217.